The maximum atomic E-state index is 10.9. The van der Waals surface area contributed by atoms with Crippen molar-refractivity contribution >= 4 is 17.3 Å². The van der Waals surface area contributed by atoms with Gasteiger partial charge in [0.2, 0.25) is 0 Å². The number of non-ortho nitro benzene ring substituents is 1. The summed E-state index contributed by atoms with van der Waals surface area (Å²) in [7, 11) is 2.98. The zero-order valence-corrected chi connectivity index (χ0v) is 13.0. The number of ether oxygens (including phenoxy) is 2. The first-order valence-electron chi connectivity index (χ1n) is 6.81. The zero-order chi connectivity index (χ0) is 17.7. The summed E-state index contributed by atoms with van der Waals surface area (Å²) in [6.07, 6.45) is 1.38. The standard InChI is InChI=1S/C17H14N2O5/c1-23-16-6-3-11(9-17(16)24-2)13(10-18)7-12-8-14(19(21)22)4-5-15(12)20/h3-9,20H,1-2H3. The number of phenols is 1. The Balaban J connectivity index is 2.53. The third-order valence-electron chi connectivity index (χ3n) is 3.34. The second-order valence-corrected chi connectivity index (χ2v) is 4.74. The summed E-state index contributed by atoms with van der Waals surface area (Å²) >= 11 is 0. The minimum Gasteiger partial charge on any atom is -0.507 e. The molecule has 7 heteroatoms. The van der Waals surface area contributed by atoms with Crippen LogP contribution in [-0.4, -0.2) is 24.2 Å². The Morgan fingerprint density at radius 1 is 1.21 bits per heavy atom. The molecule has 122 valence electrons. The van der Waals surface area contributed by atoms with Gasteiger partial charge in [0.15, 0.2) is 11.5 Å². The summed E-state index contributed by atoms with van der Waals surface area (Å²) in [4.78, 5) is 10.3. The molecule has 1 N–H and O–H groups in total. The molecule has 0 atom stereocenters. The molecule has 7 nitrogen and oxygen atoms in total. The lowest BCUT2D eigenvalue weighted by atomic mass is 10.0. The fraction of sp³-hybridized carbons (Fsp3) is 0.118. The van der Waals surface area contributed by atoms with Crippen LogP contribution in [0.5, 0.6) is 17.2 Å². The molecule has 0 radical (unpaired) electrons. The first kappa shape index (κ1) is 16.8. The largest absolute Gasteiger partial charge is 0.507 e. The highest BCUT2D eigenvalue weighted by atomic mass is 16.6. The Hall–Kier alpha value is -3.53. The molecule has 2 aromatic carbocycles. The number of benzene rings is 2. The summed E-state index contributed by atoms with van der Waals surface area (Å²) in [6, 6.07) is 10.5. The van der Waals surface area contributed by atoms with E-state index in [0.717, 1.165) is 0 Å². The number of nitriles is 1. The van der Waals surface area contributed by atoms with Crippen LogP contribution in [0.15, 0.2) is 36.4 Å². The molecular weight excluding hydrogens is 312 g/mol. The Morgan fingerprint density at radius 3 is 2.50 bits per heavy atom. The molecule has 0 unspecified atom stereocenters. The van der Waals surface area contributed by atoms with E-state index in [-0.39, 0.29) is 22.6 Å². The quantitative estimate of drug-likeness (QED) is 0.391. The van der Waals surface area contributed by atoms with Crippen molar-refractivity contribution in [3.8, 4) is 23.3 Å². The lowest BCUT2D eigenvalue weighted by Gasteiger charge is -2.09. The predicted molar refractivity (Wildman–Crippen MR) is 87.8 cm³/mol. The molecule has 24 heavy (non-hydrogen) atoms. The van der Waals surface area contributed by atoms with Crippen LogP contribution in [0.2, 0.25) is 0 Å². The van der Waals surface area contributed by atoms with Gasteiger partial charge in [-0.3, -0.25) is 10.1 Å². The first-order valence-corrected chi connectivity index (χ1v) is 6.81. The van der Waals surface area contributed by atoms with E-state index in [4.69, 9.17) is 9.47 Å². The Labute approximate surface area is 138 Å². The molecule has 2 rings (SSSR count). The zero-order valence-electron chi connectivity index (χ0n) is 13.0. The molecule has 2 aromatic rings. The molecule has 0 bridgehead atoms. The maximum Gasteiger partial charge on any atom is 0.270 e. The van der Waals surface area contributed by atoms with Crippen molar-refractivity contribution in [2.24, 2.45) is 0 Å². The molecule has 0 fully saturated rings. The molecular formula is C17H14N2O5. The number of rotatable bonds is 5. The highest BCUT2D eigenvalue weighted by Gasteiger charge is 2.12. The summed E-state index contributed by atoms with van der Waals surface area (Å²) in [5.74, 6) is 0.796. The minimum absolute atomic E-state index is 0.158. The first-order chi connectivity index (χ1) is 11.5. The fourth-order valence-electron chi connectivity index (χ4n) is 2.11. The molecule has 0 aliphatic rings. The smallest absolute Gasteiger partial charge is 0.270 e. The number of methoxy groups -OCH3 is 2. The van der Waals surface area contributed by atoms with Crippen LogP contribution in [0.25, 0.3) is 11.6 Å². The summed E-state index contributed by atoms with van der Waals surface area (Å²) in [6.45, 7) is 0. The Kier molecular flexibility index (Phi) is 5.02. The highest BCUT2D eigenvalue weighted by Crippen LogP contribution is 2.32. The number of hydrogen-bond donors (Lipinski definition) is 1. The summed E-state index contributed by atoms with van der Waals surface area (Å²) in [5.41, 5.74) is 0.743. The Morgan fingerprint density at radius 2 is 1.92 bits per heavy atom. The van der Waals surface area contributed by atoms with Gasteiger partial charge in [-0.1, -0.05) is 0 Å². The number of nitro groups is 1. The minimum atomic E-state index is -0.570. The van der Waals surface area contributed by atoms with Crippen LogP contribution in [0.3, 0.4) is 0 Å². The average molecular weight is 326 g/mol. The number of nitro benzene ring substituents is 1. The number of hydrogen-bond acceptors (Lipinski definition) is 6. The summed E-state index contributed by atoms with van der Waals surface area (Å²) < 4.78 is 10.3. The lowest BCUT2D eigenvalue weighted by molar-refractivity contribution is -0.384. The van der Waals surface area contributed by atoms with E-state index in [9.17, 15) is 20.5 Å². The second-order valence-electron chi connectivity index (χ2n) is 4.74. The Bertz CT molecular complexity index is 853. The van der Waals surface area contributed by atoms with Gasteiger partial charge in [-0.25, -0.2) is 0 Å². The van der Waals surface area contributed by atoms with E-state index in [0.29, 0.717) is 17.1 Å². The third kappa shape index (κ3) is 3.44. The topological polar surface area (TPSA) is 106 Å². The van der Waals surface area contributed by atoms with Gasteiger partial charge < -0.3 is 14.6 Å². The predicted octanol–water partition coefficient (Wildman–Crippen LogP) is 3.38. The van der Waals surface area contributed by atoms with E-state index < -0.39 is 4.92 Å². The van der Waals surface area contributed by atoms with Gasteiger partial charge in [-0.2, -0.15) is 5.26 Å². The number of allylic oxidation sites excluding steroid dienone is 1. The van der Waals surface area contributed by atoms with Crippen molar-refractivity contribution in [2.75, 3.05) is 14.2 Å². The van der Waals surface area contributed by atoms with Crippen LogP contribution in [0.4, 0.5) is 5.69 Å². The van der Waals surface area contributed by atoms with E-state index in [1.54, 1.807) is 18.2 Å². The van der Waals surface area contributed by atoms with Crippen molar-refractivity contribution in [1.82, 2.24) is 0 Å². The SMILES string of the molecule is COc1ccc(C(C#N)=Cc2cc([N+](=O)[O-])ccc2O)cc1OC. The fourth-order valence-corrected chi connectivity index (χ4v) is 2.11. The van der Waals surface area contributed by atoms with Crippen LogP contribution < -0.4 is 9.47 Å². The van der Waals surface area contributed by atoms with Crippen molar-refractivity contribution in [2.45, 2.75) is 0 Å². The van der Waals surface area contributed by atoms with Crippen molar-refractivity contribution in [1.29, 1.82) is 5.26 Å². The van der Waals surface area contributed by atoms with Crippen LogP contribution in [0, 0.1) is 21.4 Å². The normalized spacial score (nSPS) is 10.8. The van der Waals surface area contributed by atoms with E-state index in [1.807, 2.05) is 6.07 Å². The molecule has 0 spiro atoms. The van der Waals surface area contributed by atoms with Crippen molar-refractivity contribution in [3.05, 3.63) is 57.6 Å². The number of aromatic hydroxyl groups is 1. The van der Waals surface area contributed by atoms with Gasteiger partial charge in [0, 0.05) is 17.7 Å². The molecule has 0 aromatic heterocycles. The molecule has 0 heterocycles. The van der Waals surface area contributed by atoms with Crippen LogP contribution >= 0.6 is 0 Å². The van der Waals surface area contributed by atoms with Gasteiger partial charge in [-0.05, 0) is 35.9 Å². The summed E-state index contributed by atoms with van der Waals surface area (Å²) in [5, 5.41) is 30.1. The number of nitrogens with zero attached hydrogens (tertiary/aromatic N) is 2. The van der Waals surface area contributed by atoms with Crippen LogP contribution in [-0.2, 0) is 0 Å². The number of phenolic OH excluding ortho intramolecular Hbond substituents is 1. The van der Waals surface area contributed by atoms with Gasteiger partial charge in [0.25, 0.3) is 5.69 Å². The van der Waals surface area contributed by atoms with Crippen molar-refractivity contribution < 1.29 is 19.5 Å². The van der Waals surface area contributed by atoms with Gasteiger partial charge in [0.1, 0.15) is 5.75 Å². The van der Waals surface area contributed by atoms with Crippen LogP contribution in [0.1, 0.15) is 11.1 Å². The maximum absolute atomic E-state index is 10.9. The average Bonchev–Trinajstić information content (AvgIpc) is 2.60. The molecule has 0 saturated carbocycles. The lowest BCUT2D eigenvalue weighted by Crippen LogP contribution is -1.92. The molecule has 0 saturated heterocycles. The van der Waals surface area contributed by atoms with Crippen molar-refractivity contribution in [3.63, 3.8) is 0 Å². The van der Waals surface area contributed by atoms with E-state index in [2.05, 4.69) is 0 Å². The van der Waals surface area contributed by atoms with E-state index in [1.165, 1.54) is 38.5 Å². The third-order valence-corrected chi connectivity index (χ3v) is 3.34. The van der Waals surface area contributed by atoms with Gasteiger partial charge in [0.05, 0.1) is 30.8 Å². The van der Waals surface area contributed by atoms with Gasteiger partial charge >= 0.3 is 0 Å². The molecule has 0 aliphatic carbocycles. The van der Waals surface area contributed by atoms with E-state index >= 15 is 0 Å². The molecule has 0 amide bonds. The second kappa shape index (κ2) is 7.15. The molecule has 0 aliphatic heterocycles. The van der Waals surface area contributed by atoms with Gasteiger partial charge in [-0.15, -0.1) is 0 Å². The highest BCUT2D eigenvalue weighted by molar-refractivity contribution is 5.91. The monoisotopic (exact) mass is 326 g/mol.